The molecule has 0 N–H and O–H groups in total. The van der Waals surface area contributed by atoms with Crippen molar-refractivity contribution in [2.75, 3.05) is 11.4 Å². The third-order valence-corrected chi connectivity index (χ3v) is 9.26. The Morgan fingerprint density at radius 2 is 1.50 bits per heavy atom. The number of para-hydroxylation sites is 2. The first-order chi connectivity index (χ1) is 17.5. The summed E-state index contributed by atoms with van der Waals surface area (Å²) in [6.07, 6.45) is 2.26. The van der Waals surface area contributed by atoms with Crippen LogP contribution in [0.4, 0.5) is 16.4 Å². The van der Waals surface area contributed by atoms with Crippen LogP contribution in [-0.2, 0) is 9.59 Å². The molecule has 36 heavy (non-hydrogen) atoms. The van der Waals surface area contributed by atoms with Crippen molar-refractivity contribution in [3.8, 4) is 9.75 Å². The Hall–Kier alpha value is -3.04. The fourth-order valence-corrected chi connectivity index (χ4v) is 7.16. The highest BCUT2D eigenvalue weighted by molar-refractivity contribution is 8.26. The van der Waals surface area contributed by atoms with Gasteiger partial charge in [-0.25, -0.2) is 0 Å². The predicted octanol–water partition coefficient (Wildman–Crippen LogP) is 8.13. The molecule has 0 unspecified atom stereocenters. The standard InChI is InChI=1S/C28H22N2O2S4/c1-2-21(31)18-29-27(32)25(36-28(29)33)17-22-13-14-23(34-22)24-15-16-26(35-24)30(19-9-5-3-6-10-19)20-11-7-4-8-12-20/h3-17H,2,18H2,1H3/b25-17+. The van der Waals surface area contributed by atoms with Crippen molar-refractivity contribution in [1.29, 1.82) is 0 Å². The molecule has 3 heterocycles. The third kappa shape index (κ3) is 5.22. The normalized spacial score (nSPS) is 14.6. The number of thioether (sulfide) groups is 1. The average Bonchev–Trinajstić information content (AvgIpc) is 3.63. The smallest absolute Gasteiger partial charge is 0.266 e. The number of thiocarbonyl (C=S) groups is 1. The summed E-state index contributed by atoms with van der Waals surface area (Å²) in [6, 6.07) is 29.1. The summed E-state index contributed by atoms with van der Waals surface area (Å²) in [5.74, 6) is -0.193. The second-order valence-corrected chi connectivity index (χ2v) is 11.9. The van der Waals surface area contributed by atoms with Crippen LogP contribution in [0.2, 0.25) is 0 Å². The summed E-state index contributed by atoms with van der Waals surface area (Å²) in [5, 5.41) is 1.12. The molecule has 1 aliphatic rings. The molecular weight excluding hydrogens is 525 g/mol. The van der Waals surface area contributed by atoms with Crippen LogP contribution in [0.3, 0.4) is 0 Å². The SMILES string of the molecule is CCC(=O)CN1C(=O)/C(=C\c2ccc(-c3ccc(N(c4ccccc4)c4ccccc4)s3)s2)SC1=S. The quantitative estimate of drug-likeness (QED) is 0.165. The maximum absolute atomic E-state index is 12.8. The van der Waals surface area contributed by atoms with E-state index in [4.69, 9.17) is 12.2 Å². The van der Waals surface area contributed by atoms with Gasteiger partial charge in [-0.05, 0) is 54.6 Å². The highest BCUT2D eigenvalue weighted by atomic mass is 32.2. The van der Waals surface area contributed by atoms with Crippen molar-refractivity contribution in [1.82, 2.24) is 4.90 Å². The van der Waals surface area contributed by atoms with Gasteiger partial charge in [0.05, 0.1) is 11.4 Å². The van der Waals surface area contributed by atoms with Crippen molar-refractivity contribution in [3.63, 3.8) is 0 Å². The molecule has 8 heteroatoms. The van der Waals surface area contributed by atoms with E-state index in [0.29, 0.717) is 15.6 Å². The molecule has 1 amide bonds. The van der Waals surface area contributed by atoms with Crippen LogP contribution >= 0.6 is 46.7 Å². The van der Waals surface area contributed by atoms with Crippen LogP contribution in [0.1, 0.15) is 18.2 Å². The van der Waals surface area contributed by atoms with Gasteiger partial charge < -0.3 is 4.90 Å². The number of hydrogen-bond donors (Lipinski definition) is 0. The van der Waals surface area contributed by atoms with E-state index in [0.717, 1.165) is 31.0 Å². The van der Waals surface area contributed by atoms with Crippen LogP contribution in [0, 0.1) is 0 Å². The Morgan fingerprint density at radius 1 is 0.889 bits per heavy atom. The molecule has 0 bridgehead atoms. The van der Waals surface area contributed by atoms with E-state index >= 15 is 0 Å². The Labute approximate surface area is 227 Å². The Bertz CT molecular complexity index is 1400. The first-order valence-corrected chi connectivity index (χ1v) is 14.3. The highest BCUT2D eigenvalue weighted by Gasteiger charge is 2.33. The zero-order valence-electron chi connectivity index (χ0n) is 19.4. The lowest BCUT2D eigenvalue weighted by atomic mass is 10.2. The van der Waals surface area contributed by atoms with E-state index in [-0.39, 0.29) is 18.2 Å². The lowest BCUT2D eigenvalue weighted by Crippen LogP contribution is -2.33. The summed E-state index contributed by atoms with van der Waals surface area (Å²) >= 11 is 9.96. The first kappa shape index (κ1) is 24.6. The largest absolute Gasteiger partial charge is 0.302 e. The zero-order valence-corrected chi connectivity index (χ0v) is 22.7. The van der Waals surface area contributed by atoms with E-state index < -0.39 is 0 Å². The lowest BCUT2D eigenvalue weighted by Gasteiger charge is -2.23. The molecule has 0 saturated carbocycles. The number of ketones is 1. The fourth-order valence-electron chi connectivity index (χ4n) is 3.75. The molecule has 5 rings (SSSR count). The van der Waals surface area contributed by atoms with E-state index in [2.05, 4.69) is 47.4 Å². The monoisotopic (exact) mass is 546 g/mol. The summed E-state index contributed by atoms with van der Waals surface area (Å²) < 4.78 is 0.439. The Morgan fingerprint density at radius 3 is 2.14 bits per heavy atom. The number of hydrogen-bond acceptors (Lipinski definition) is 7. The highest BCUT2D eigenvalue weighted by Crippen LogP contribution is 2.43. The molecule has 1 fully saturated rings. The topological polar surface area (TPSA) is 40.6 Å². The Balaban J connectivity index is 1.40. The van der Waals surface area contributed by atoms with Gasteiger partial charge in [-0.3, -0.25) is 14.5 Å². The number of rotatable bonds is 8. The number of nitrogens with zero attached hydrogens (tertiary/aromatic N) is 2. The molecule has 0 aliphatic carbocycles. The molecule has 0 spiro atoms. The maximum Gasteiger partial charge on any atom is 0.266 e. The molecule has 2 aromatic heterocycles. The number of thiophene rings is 2. The zero-order chi connectivity index (χ0) is 25.1. The van der Waals surface area contributed by atoms with E-state index in [1.165, 1.54) is 16.7 Å². The second kappa shape index (κ2) is 10.9. The van der Waals surface area contributed by atoms with E-state index in [1.807, 2.05) is 48.5 Å². The molecule has 4 aromatic rings. The minimum atomic E-state index is -0.193. The number of carbonyl (C=O) groups is 2. The summed E-state index contributed by atoms with van der Waals surface area (Å²) in [5.41, 5.74) is 2.21. The number of amides is 1. The molecule has 1 aliphatic heterocycles. The minimum absolute atomic E-state index is 0.000455. The summed E-state index contributed by atoms with van der Waals surface area (Å²) in [6.45, 7) is 1.84. The molecule has 2 aromatic carbocycles. The van der Waals surface area contributed by atoms with E-state index in [1.54, 1.807) is 29.6 Å². The van der Waals surface area contributed by atoms with Crippen molar-refractivity contribution in [3.05, 3.63) is 94.7 Å². The number of benzene rings is 2. The van der Waals surface area contributed by atoms with Crippen LogP contribution < -0.4 is 4.90 Å². The average molecular weight is 547 g/mol. The molecule has 0 atom stereocenters. The van der Waals surface area contributed by atoms with Gasteiger partial charge in [-0.1, -0.05) is 67.3 Å². The van der Waals surface area contributed by atoms with Crippen LogP contribution in [0.15, 0.2) is 89.8 Å². The minimum Gasteiger partial charge on any atom is -0.302 e. The summed E-state index contributed by atoms with van der Waals surface area (Å²) in [7, 11) is 0. The number of carbonyl (C=O) groups excluding carboxylic acids is 2. The second-order valence-electron chi connectivity index (χ2n) is 8.01. The van der Waals surface area contributed by atoms with Crippen molar-refractivity contribution >= 4 is 85.1 Å². The van der Waals surface area contributed by atoms with Gasteiger partial charge in [-0.15, -0.1) is 22.7 Å². The van der Waals surface area contributed by atoms with Gasteiger partial charge in [0.15, 0.2) is 5.78 Å². The molecular formula is C28H22N2O2S4. The maximum atomic E-state index is 12.8. The van der Waals surface area contributed by atoms with Gasteiger partial charge in [-0.2, -0.15) is 0 Å². The number of anilines is 3. The van der Waals surface area contributed by atoms with Gasteiger partial charge in [0.1, 0.15) is 9.32 Å². The van der Waals surface area contributed by atoms with Gasteiger partial charge in [0.25, 0.3) is 5.91 Å². The molecule has 0 radical (unpaired) electrons. The number of Topliss-reactive ketones (excluding diaryl/α,β-unsaturated/α-hetero) is 1. The Kier molecular flexibility index (Phi) is 7.48. The van der Waals surface area contributed by atoms with Crippen LogP contribution in [0.5, 0.6) is 0 Å². The lowest BCUT2D eigenvalue weighted by molar-refractivity contribution is -0.127. The summed E-state index contributed by atoms with van der Waals surface area (Å²) in [4.78, 5) is 32.1. The van der Waals surface area contributed by atoms with Gasteiger partial charge in [0.2, 0.25) is 0 Å². The first-order valence-electron chi connectivity index (χ1n) is 11.4. The van der Waals surface area contributed by atoms with Crippen molar-refractivity contribution in [2.24, 2.45) is 0 Å². The van der Waals surface area contributed by atoms with Crippen molar-refractivity contribution < 1.29 is 9.59 Å². The predicted molar refractivity (Wildman–Crippen MR) is 157 cm³/mol. The van der Waals surface area contributed by atoms with Gasteiger partial charge in [0, 0.05) is 32.4 Å². The van der Waals surface area contributed by atoms with Crippen LogP contribution in [0.25, 0.3) is 15.8 Å². The fraction of sp³-hybridized carbons (Fsp3) is 0.107. The van der Waals surface area contributed by atoms with Gasteiger partial charge >= 0.3 is 0 Å². The molecule has 1 saturated heterocycles. The van der Waals surface area contributed by atoms with E-state index in [9.17, 15) is 9.59 Å². The van der Waals surface area contributed by atoms with Crippen LogP contribution in [-0.4, -0.2) is 27.5 Å². The third-order valence-electron chi connectivity index (χ3n) is 5.59. The molecule has 180 valence electrons. The van der Waals surface area contributed by atoms with Crippen molar-refractivity contribution in [2.45, 2.75) is 13.3 Å². The molecule has 4 nitrogen and oxygen atoms in total.